The van der Waals surface area contributed by atoms with Crippen LogP contribution >= 0.6 is 0 Å². The lowest BCUT2D eigenvalue weighted by atomic mass is 9.95. The number of ether oxygens (including phenoxy) is 1. The first-order valence-corrected chi connectivity index (χ1v) is 7.89. The average molecular weight is 293 g/mol. The maximum Gasteiger partial charge on any atom is 0.124 e. The second kappa shape index (κ2) is 8.40. The van der Waals surface area contributed by atoms with Gasteiger partial charge >= 0.3 is 0 Å². The number of para-hydroxylation sites is 1. The highest BCUT2D eigenvalue weighted by atomic mass is 16.5. The minimum absolute atomic E-state index is 0.180. The maximum absolute atomic E-state index is 9.10. The molecule has 0 bridgehead atoms. The minimum Gasteiger partial charge on any atom is -0.491 e. The predicted octanol–water partition coefficient (Wildman–Crippen LogP) is 3.70. The van der Waals surface area contributed by atoms with Crippen LogP contribution in [-0.2, 0) is 6.54 Å². The van der Waals surface area contributed by atoms with E-state index in [0.717, 1.165) is 31.8 Å². The third-order valence-corrected chi connectivity index (χ3v) is 3.06. The molecule has 0 atom stereocenters. The molecule has 0 heterocycles. The maximum atomic E-state index is 9.10. The van der Waals surface area contributed by atoms with Gasteiger partial charge in [0, 0.05) is 31.8 Å². The Morgan fingerprint density at radius 1 is 1.19 bits per heavy atom. The molecule has 1 N–H and O–H groups in total. The van der Waals surface area contributed by atoms with E-state index in [4.69, 9.17) is 9.84 Å². The lowest BCUT2D eigenvalue weighted by molar-refractivity contribution is 0.162. The van der Waals surface area contributed by atoms with Crippen molar-refractivity contribution in [2.75, 3.05) is 19.7 Å². The van der Waals surface area contributed by atoms with Crippen LogP contribution in [0.2, 0.25) is 0 Å². The van der Waals surface area contributed by atoms with Crippen LogP contribution in [0.1, 0.15) is 46.6 Å². The van der Waals surface area contributed by atoms with E-state index in [1.165, 1.54) is 5.56 Å². The Labute approximate surface area is 129 Å². The molecular weight excluding hydrogens is 262 g/mol. The van der Waals surface area contributed by atoms with Crippen molar-refractivity contribution in [2.24, 2.45) is 5.41 Å². The zero-order chi connectivity index (χ0) is 15.9. The van der Waals surface area contributed by atoms with Gasteiger partial charge in [0.25, 0.3) is 0 Å². The van der Waals surface area contributed by atoms with Crippen LogP contribution in [0.15, 0.2) is 24.3 Å². The number of benzene rings is 1. The number of rotatable bonds is 8. The average Bonchev–Trinajstić information content (AvgIpc) is 2.36. The molecule has 0 fully saturated rings. The Bertz CT molecular complexity index is 410. The molecule has 0 aromatic heterocycles. The molecule has 21 heavy (non-hydrogen) atoms. The highest BCUT2D eigenvalue weighted by molar-refractivity contribution is 5.33. The van der Waals surface area contributed by atoms with Crippen molar-refractivity contribution in [3.8, 4) is 5.75 Å². The van der Waals surface area contributed by atoms with Crippen molar-refractivity contribution < 1.29 is 9.84 Å². The van der Waals surface area contributed by atoms with Gasteiger partial charge in [-0.2, -0.15) is 0 Å². The van der Waals surface area contributed by atoms with Gasteiger partial charge in [-0.05, 0) is 31.7 Å². The van der Waals surface area contributed by atoms with Gasteiger partial charge in [-0.25, -0.2) is 0 Å². The molecule has 0 spiro atoms. The van der Waals surface area contributed by atoms with Gasteiger partial charge in [-0.15, -0.1) is 0 Å². The Balaban J connectivity index is 2.81. The monoisotopic (exact) mass is 293 g/mol. The number of aliphatic hydroxyl groups is 1. The molecule has 0 aliphatic heterocycles. The van der Waals surface area contributed by atoms with Crippen LogP contribution in [-0.4, -0.2) is 35.8 Å². The van der Waals surface area contributed by atoms with E-state index >= 15 is 0 Å². The number of nitrogens with zero attached hydrogens (tertiary/aromatic N) is 1. The fourth-order valence-electron chi connectivity index (χ4n) is 2.42. The molecule has 0 radical (unpaired) electrons. The van der Waals surface area contributed by atoms with Crippen molar-refractivity contribution in [3.63, 3.8) is 0 Å². The third kappa shape index (κ3) is 7.49. The van der Waals surface area contributed by atoms with E-state index in [1.807, 2.05) is 12.1 Å². The number of aliphatic hydroxyl groups excluding tert-OH is 1. The summed E-state index contributed by atoms with van der Waals surface area (Å²) in [5, 5.41) is 9.10. The van der Waals surface area contributed by atoms with E-state index in [-0.39, 0.29) is 18.1 Å². The lowest BCUT2D eigenvalue weighted by Gasteiger charge is -2.30. The van der Waals surface area contributed by atoms with E-state index in [2.05, 4.69) is 51.7 Å². The van der Waals surface area contributed by atoms with Crippen LogP contribution in [0.3, 0.4) is 0 Å². The van der Waals surface area contributed by atoms with Gasteiger partial charge in [0.05, 0.1) is 6.10 Å². The summed E-state index contributed by atoms with van der Waals surface area (Å²) in [4.78, 5) is 2.40. The molecule has 1 aromatic carbocycles. The smallest absolute Gasteiger partial charge is 0.124 e. The summed E-state index contributed by atoms with van der Waals surface area (Å²) in [5.41, 5.74) is 1.46. The third-order valence-electron chi connectivity index (χ3n) is 3.06. The normalized spacial score (nSPS) is 12.2. The van der Waals surface area contributed by atoms with Crippen molar-refractivity contribution in [2.45, 2.75) is 53.7 Å². The first kappa shape index (κ1) is 18.0. The molecule has 0 aliphatic rings. The zero-order valence-electron chi connectivity index (χ0n) is 14.2. The first-order chi connectivity index (χ1) is 9.81. The number of hydrogen-bond donors (Lipinski definition) is 1. The minimum atomic E-state index is 0.180. The van der Waals surface area contributed by atoms with Crippen molar-refractivity contribution in [1.82, 2.24) is 4.90 Å². The molecule has 0 amide bonds. The summed E-state index contributed by atoms with van der Waals surface area (Å²) in [6.07, 6.45) is 0.989. The Hall–Kier alpha value is -1.06. The van der Waals surface area contributed by atoms with Gasteiger partial charge in [0.2, 0.25) is 0 Å². The first-order valence-electron chi connectivity index (χ1n) is 7.89. The summed E-state index contributed by atoms with van der Waals surface area (Å²) in [5.74, 6) is 0.968. The molecule has 1 aromatic rings. The number of hydrogen-bond acceptors (Lipinski definition) is 3. The summed E-state index contributed by atoms with van der Waals surface area (Å²) in [6.45, 7) is 13.9. The fraction of sp³-hybridized carbons (Fsp3) is 0.667. The quantitative estimate of drug-likeness (QED) is 0.793. The zero-order valence-corrected chi connectivity index (χ0v) is 14.2. The molecular formula is C18H31NO2. The van der Waals surface area contributed by atoms with Crippen LogP contribution in [0.5, 0.6) is 5.75 Å². The Morgan fingerprint density at radius 3 is 2.43 bits per heavy atom. The summed E-state index contributed by atoms with van der Waals surface area (Å²) >= 11 is 0. The largest absolute Gasteiger partial charge is 0.491 e. The summed E-state index contributed by atoms with van der Waals surface area (Å²) in [6, 6.07) is 8.25. The van der Waals surface area contributed by atoms with Gasteiger partial charge in [-0.3, -0.25) is 4.90 Å². The molecule has 120 valence electrons. The van der Waals surface area contributed by atoms with E-state index in [1.54, 1.807) is 0 Å². The van der Waals surface area contributed by atoms with Gasteiger partial charge < -0.3 is 9.84 Å². The highest BCUT2D eigenvalue weighted by Crippen LogP contribution is 2.23. The van der Waals surface area contributed by atoms with Gasteiger partial charge in [-0.1, -0.05) is 39.0 Å². The second-order valence-corrected chi connectivity index (χ2v) is 7.12. The molecule has 0 aliphatic carbocycles. The van der Waals surface area contributed by atoms with Crippen molar-refractivity contribution >= 4 is 0 Å². The molecule has 0 saturated carbocycles. The SMILES string of the molecule is CC(C)Oc1ccccc1CN(CCCO)CC(C)(C)C. The second-order valence-electron chi connectivity index (χ2n) is 7.12. The van der Waals surface area contributed by atoms with Crippen molar-refractivity contribution in [1.29, 1.82) is 0 Å². The predicted molar refractivity (Wildman–Crippen MR) is 88.6 cm³/mol. The summed E-state index contributed by atoms with van der Waals surface area (Å²) in [7, 11) is 0. The van der Waals surface area contributed by atoms with Gasteiger partial charge in [0.15, 0.2) is 0 Å². The molecule has 3 heteroatoms. The van der Waals surface area contributed by atoms with Gasteiger partial charge in [0.1, 0.15) is 5.75 Å². The van der Waals surface area contributed by atoms with Crippen LogP contribution in [0.4, 0.5) is 0 Å². The molecule has 3 nitrogen and oxygen atoms in total. The molecule has 0 unspecified atom stereocenters. The van der Waals surface area contributed by atoms with Crippen LogP contribution in [0, 0.1) is 5.41 Å². The lowest BCUT2D eigenvalue weighted by Crippen LogP contribution is -2.33. The molecule has 0 saturated heterocycles. The van der Waals surface area contributed by atoms with E-state index in [0.29, 0.717) is 0 Å². The molecule has 1 rings (SSSR count). The topological polar surface area (TPSA) is 32.7 Å². The highest BCUT2D eigenvalue weighted by Gasteiger charge is 2.18. The Kier molecular flexibility index (Phi) is 7.20. The van der Waals surface area contributed by atoms with Crippen LogP contribution < -0.4 is 4.74 Å². The van der Waals surface area contributed by atoms with Crippen molar-refractivity contribution in [3.05, 3.63) is 29.8 Å². The van der Waals surface area contributed by atoms with E-state index < -0.39 is 0 Å². The standard InChI is InChI=1S/C18H31NO2/c1-15(2)21-17-10-7-6-9-16(17)13-19(11-8-12-20)14-18(3,4)5/h6-7,9-10,15,20H,8,11-14H2,1-5H3. The Morgan fingerprint density at radius 2 is 1.86 bits per heavy atom. The van der Waals surface area contributed by atoms with E-state index in [9.17, 15) is 0 Å². The fourth-order valence-corrected chi connectivity index (χ4v) is 2.42. The van der Waals surface area contributed by atoms with Crippen LogP contribution in [0.25, 0.3) is 0 Å². The summed E-state index contributed by atoms with van der Waals surface area (Å²) < 4.78 is 5.90.